The van der Waals surface area contributed by atoms with Crippen molar-refractivity contribution in [2.75, 3.05) is 48.8 Å². The lowest BCUT2D eigenvalue weighted by atomic mass is 10.1. The molecule has 0 bridgehead atoms. The summed E-state index contributed by atoms with van der Waals surface area (Å²) in [6.07, 6.45) is 1.24. The van der Waals surface area contributed by atoms with Crippen molar-refractivity contribution in [2.45, 2.75) is 6.92 Å². The van der Waals surface area contributed by atoms with Gasteiger partial charge in [0, 0.05) is 54.6 Å². The van der Waals surface area contributed by atoms with E-state index in [-0.39, 0.29) is 5.91 Å². The average Bonchev–Trinajstić information content (AvgIpc) is 3.28. The number of aryl methyl sites for hydroxylation is 1. The van der Waals surface area contributed by atoms with Crippen LogP contribution in [0.25, 0.3) is 22.3 Å². The fourth-order valence-electron chi connectivity index (χ4n) is 4.17. The van der Waals surface area contributed by atoms with Gasteiger partial charge in [-0.3, -0.25) is 9.89 Å². The highest BCUT2D eigenvalue weighted by molar-refractivity contribution is 6.02. The molecular weight excluding hydrogens is 440 g/mol. The topological polar surface area (TPSA) is 102 Å². The summed E-state index contributed by atoms with van der Waals surface area (Å²) >= 11 is 0. The molecule has 2 aromatic heterocycles. The van der Waals surface area contributed by atoms with Gasteiger partial charge in [-0.05, 0) is 50.4 Å². The zero-order valence-corrected chi connectivity index (χ0v) is 19.9. The molecular formula is C26H28N8O. The molecule has 3 heterocycles. The highest BCUT2D eigenvalue weighted by atomic mass is 16.1. The van der Waals surface area contributed by atoms with E-state index in [0.717, 1.165) is 54.0 Å². The Morgan fingerprint density at radius 2 is 1.89 bits per heavy atom. The molecule has 0 atom stereocenters. The normalized spacial score (nSPS) is 14.2. The van der Waals surface area contributed by atoms with E-state index in [1.54, 1.807) is 0 Å². The third-order valence-electron chi connectivity index (χ3n) is 6.11. The van der Waals surface area contributed by atoms with E-state index < -0.39 is 0 Å². The Balaban J connectivity index is 1.62. The van der Waals surface area contributed by atoms with Crippen LogP contribution < -0.4 is 15.5 Å². The van der Waals surface area contributed by atoms with Gasteiger partial charge in [0.1, 0.15) is 5.82 Å². The minimum atomic E-state index is -0.291. The number of aromatic nitrogens is 4. The fraction of sp³-hybridized carbons (Fsp3) is 0.231. The molecule has 0 unspecified atom stereocenters. The summed E-state index contributed by atoms with van der Waals surface area (Å²) in [6.45, 7) is 9.48. The van der Waals surface area contributed by atoms with Gasteiger partial charge < -0.3 is 20.4 Å². The maximum Gasteiger partial charge on any atom is 0.247 e. The summed E-state index contributed by atoms with van der Waals surface area (Å²) in [7, 11) is 2.15. The third kappa shape index (κ3) is 4.85. The van der Waals surface area contributed by atoms with E-state index in [1.165, 1.54) is 6.08 Å². The van der Waals surface area contributed by atoms with E-state index in [2.05, 4.69) is 62.5 Å². The lowest BCUT2D eigenvalue weighted by Crippen LogP contribution is -2.44. The first-order chi connectivity index (χ1) is 17.0. The molecule has 178 valence electrons. The molecule has 3 N–H and O–H groups in total. The Kier molecular flexibility index (Phi) is 6.15. The molecule has 35 heavy (non-hydrogen) atoms. The number of carbonyl (C=O) groups is 1. The number of nitrogens with zero attached hydrogens (tertiary/aromatic N) is 5. The second kappa shape index (κ2) is 9.55. The molecule has 0 saturated carbocycles. The second-order valence-electron chi connectivity index (χ2n) is 8.69. The minimum absolute atomic E-state index is 0.291. The highest BCUT2D eigenvalue weighted by Crippen LogP contribution is 2.32. The number of anilines is 4. The quantitative estimate of drug-likeness (QED) is 0.368. The number of hydrogen-bond donors (Lipinski definition) is 3. The first kappa shape index (κ1) is 22.5. The fourth-order valence-corrected chi connectivity index (χ4v) is 4.17. The van der Waals surface area contributed by atoms with E-state index >= 15 is 0 Å². The number of nitrogens with one attached hydrogen (secondary N) is 3. The molecule has 1 amide bonds. The number of amides is 1. The van der Waals surface area contributed by atoms with Crippen molar-refractivity contribution in [3.05, 3.63) is 66.9 Å². The predicted molar refractivity (Wildman–Crippen MR) is 140 cm³/mol. The van der Waals surface area contributed by atoms with Crippen molar-refractivity contribution >= 4 is 39.8 Å². The molecule has 9 heteroatoms. The highest BCUT2D eigenvalue weighted by Gasteiger charge is 2.18. The molecule has 1 saturated heterocycles. The van der Waals surface area contributed by atoms with Crippen molar-refractivity contribution in [3.8, 4) is 11.4 Å². The van der Waals surface area contributed by atoms with E-state index in [9.17, 15) is 4.79 Å². The van der Waals surface area contributed by atoms with Crippen molar-refractivity contribution in [1.29, 1.82) is 0 Å². The molecule has 4 aromatic rings. The number of likely N-dealkylation sites (N-methyl/N-ethyl adjacent to an activating group) is 1. The smallest absolute Gasteiger partial charge is 0.247 e. The van der Waals surface area contributed by atoms with Crippen LogP contribution in [-0.4, -0.2) is 64.2 Å². The summed E-state index contributed by atoms with van der Waals surface area (Å²) in [5.74, 6) is 1.53. The van der Waals surface area contributed by atoms with Crippen LogP contribution in [0.4, 0.5) is 23.0 Å². The maximum absolute atomic E-state index is 12.0. The second-order valence-corrected chi connectivity index (χ2v) is 8.69. The van der Waals surface area contributed by atoms with Gasteiger partial charge in [0.2, 0.25) is 5.91 Å². The average molecular weight is 469 g/mol. The number of aromatic amines is 1. The number of benzene rings is 2. The molecule has 5 rings (SSSR count). The van der Waals surface area contributed by atoms with Crippen molar-refractivity contribution in [2.24, 2.45) is 0 Å². The number of rotatable bonds is 6. The number of piperazine rings is 1. The largest absolute Gasteiger partial charge is 0.369 e. The molecule has 2 aromatic carbocycles. The van der Waals surface area contributed by atoms with Crippen LogP contribution in [0.3, 0.4) is 0 Å². The van der Waals surface area contributed by atoms with Crippen LogP contribution in [0, 0.1) is 6.92 Å². The first-order valence-electron chi connectivity index (χ1n) is 11.6. The van der Waals surface area contributed by atoms with Gasteiger partial charge in [-0.1, -0.05) is 18.7 Å². The predicted octanol–water partition coefficient (Wildman–Crippen LogP) is 3.95. The summed E-state index contributed by atoms with van der Waals surface area (Å²) in [6, 6.07) is 15.7. The molecule has 0 radical (unpaired) electrons. The standard InChI is InChI=1S/C26H28N8O/c1-4-24(35)27-21-8-6-5-7-19(21)25-28-22-16-18(34-13-11-33(3)12-14-34)9-10-20(22)26(30-25)29-23-15-17(2)31-32-23/h4-10,15-16H,1,11-14H2,2-3H3,(H,27,35)(H2,28,29,30,31,32). The Morgan fingerprint density at radius 3 is 2.63 bits per heavy atom. The zero-order valence-electron chi connectivity index (χ0n) is 19.9. The molecule has 1 fully saturated rings. The van der Waals surface area contributed by atoms with Crippen molar-refractivity contribution in [1.82, 2.24) is 25.1 Å². The Hall–Kier alpha value is -4.24. The molecule has 1 aliphatic heterocycles. The maximum atomic E-state index is 12.0. The van der Waals surface area contributed by atoms with Crippen LogP contribution in [0.2, 0.25) is 0 Å². The summed E-state index contributed by atoms with van der Waals surface area (Å²) in [5.41, 5.74) is 4.22. The number of para-hydroxylation sites is 1. The molecule has 0 spiro atoms. The van der Waals surface area contributed by atoms with Gasteiger partial charge in [-0.2, -0.15) is 5.10 Å². The number of H-pyrrole nitrogens is 1. The van der Waals surface area contributed by atoms with Gasteiger partial charge in [0.05, 0.1) is 11.2 Å². The minimum Gasteiger partial charge on any atom is -0.369 e. The Labute approximate surface area is 203 Å². The Morgan fingerprint density at radius 1 is 1.09 bits per heavy atom. The number of carbonyl (C=O) groups excluding carboxylic acids is 1. The molecule has 1 aliphatic rings. The SMILES string of the molecule is C=CC(=O)Nc1ccccc1-c1nc(Nc2cc(C)[nH]n2)c2ccc(N3CCN(C)CC3)cc2n1. The van der Waals surface area contributed by atoms with E-state index in [4.69, 9.17) is 9.97 Å². The van der Waals surface area contributed by atoms with Crippen LogP contribution in [0.5, 0.6) is 0 Å². The van der Waals surface area contributed by atoms with Gasteiger partial charge in [-0.15, -0.1) is 0 Å². The van der Waals surface area contributed by atoms with Gasteiger partial charge >= 0.3 is 0 Å². The summed E-state index contributed by atoms with van der Waals surface area (Å²) in [5, 5.41) is 14.3. The lowest BCUT2D eigenvalue weighted by Gasteiger charge is -2.34. The van der Waals surface area contributed by atoms with Crippen LogP contribution in [0.1, 0.15) is 5.69 Å². The van der Waals surface area contributed by atoms with Crippen LogP contribution in [0.15, 0.2) is 61.2 Å². The van der Waals surface area contributed by atoms with Gasteiger partial charge in [0.25, 0.3) is 0 Å². The Bertz CT molecular complexity index is 1390. The zero-order chi connectivity index (χ0) is 24.4. The van der Waals surface area contributed by atoms with Gasteiger partial charge in [-0.25, -0.2) is 9.97 Å². The monoisotopic (exact) mass is 468 g/mol. The third-order valence-corrected chi connectivity index (χ3v) is 6.11. The summed E-state index contributed by atoms with van der Waals surface area (Å²) < 4.78 is 0. The molecule has 9 nitrogen and oxygen atoms in total. The van der Waals surface area contributed by atoms with Crippen LogP contribution in [-0.2, 0) is 4.79 Å². The number of hydrogen-bond acceptors (Lipinski definition) is 7. The van der Waals surface area contributed by atoms with Crippen molar-refractivity contribution < 1.29 is 4.79 Å². The van der Waals surface area contributed by atoms with Gasteiger partial charge in [0.15, 0.2) is 11.6 Å². The summed E-state index contributed by atoms with van der Waals surface area (Å²) in [4.78, 5) is 26.5. The molecule has 0 aliphatic carbocycles. The van der Waals surface area contributed by atoms with Crippen molar-refractivity contribution in [3.63, 3.8) is 0 Å². The van der Waals surface area contributed by atoms with Crippen LogP contribution >= 0.6 is 0 Å². The lowest BCUT2D eigenvalue weighted by molar-refractivity contribution is -0.111. The first-order valence-corrected chi connectivity index (χ1v) is 11.6. The van der Waals surface area contributed by atoms with E-state index in [1.807, 2.05) is 37.3 Å². The number of fused-ring (bicyclic) bond motifs is 1. The van der Waals surface area contributed by atoms with E-state index in [0.29, 0.717) is 23.1 Å².